The van der Waals surface area contributed by atoms with Crippen LogP contribution >= 0.6 is 23.4 Å². The summed E-state index contributed by atoms with van der Waals surface area (Å²) in [5, 5.41) is 13.0. The van der Waals surface area contributed by atoms with Gasteiger partial charge in [-0.1, -0.05) is 47.5 Å². The molecule has 1 N–H and O–H groups in total. The standard InChI is InChI=1S/C27H22ClN3O3S/c1-3-33-23-13-18(12-22(28)25(23)34-16-20-7-5-4-6-19(20)15-29)14-24-26(32)31-27(35-24)30-21-10-8-17(2)9-11-21/h4-14H,3,16H2,1-2H3,(H,30,31,32)/b24-14+. The molecular formula is C27H22ClN3O3S. The van der Waals surface area contributed by atoms with E-state index in [0.717, 1.165) is 16.8 Å². The molecule has 1 amide bonds. The normalized spacial score (nSPS) is 15.2. The van der Waals surface area contributed by atoms with Crippen LogP contribution in [-0.4, -0.2) is 17.7 Å². The van der Waals surface area contributed by atoms with Crippen LogP contribution < -0.4 is 14.8 Å². The van der Waals surface area contributed by atoms with E-state index in [0.29, 0.717) is 44.3 Å². The number of aliphatic imine (C=N–C) groups is 1. The van der Waals surface area contributed by atoms with Gasteiger partial charge >= 0.3 is 0 Å². The van der Waals surface area contributed by atoms with E-state index in [4.69, 9.17) is 21.1 Å². The molecule has 8 heteroatoms. The van der Waals surface area contributed by atoms with Crippen molar-refractivity contribution in [3.05, 3.63) is 92.8 Å². The molecule has 35 heavy (non-hydrogen) atoms. The van der Waals surface area contributed by atoms with Crippen LogP contribution in [0.2, 0.25) is 5.02 Å². The molecule has 1 fully saturated rings. The van der Waals surface area contributed by atoms with Crippen molar-refractivity contribution in [1.82, 2.24) is 5.32 Å². The van der Waals surface area contributed by atoms with Crippen LogP contribution in [0.15, 0.2) is 70.6 Å². The van der Waals surface area contributed by atoms with Gasteiger partial charge in [-0.25, -0.2) is 4.99 Å². The molecule has 0 atom stereocenters. The zero-order valence-corrected chi connectivity index (χ0v) is 20.7. The minimum Gasteiger partial charge on any atom is -0.490 e. The Balaban J connectivity index is 1.57. The van der Waals surface area contributed by atoms with Crippen LogP contribution in [-0.2, 0) is 11.4 Å². The van der Waals surface area contributed by atoms with Crippen molar-refractivity contribution in [2.24, 2.45) is 4.99 Å². The third kappa shape index (κ3) is 6.04. The summed E-state index contributed by atoms with van der Waals surface area (Å²) in [5.41, 5.74) is 3.88. The first-order valence-electron chi connectivity index (χ1n) is 10.9. The molecule has 1 saturated heterocycles. The molecule has 0 bridgehead atoms. The van der Waals surface area contributed by atoms with Crippen molar-refractivity contribution < 1.29 is 14.3 Å². The highest BCUT2D eigenvalue weighted by molar-refractivity contribution is 8.18. The van der Waals surface area contributed by atoms with Crippen molar-refractivity contribution in [3.8, 4) is 17.6 Å². The largest absolute Gasteiger partial charge is 0.490 e. The number of ether oxygens (including phenoxy) is 2. The van der Waals surface area contributed by atoms with Gasteiger partial charge in [-0.2, -0.15) is 5.26 Å². The van der Waals surface area contributed by atoms with Gasteiger partial charge in [0, 0.05) is 5.56 Å². The van der Waals surface area contributed by atoms with Gasteiger partial charge in [-0.05, 0) is 67.6 Å². The lowest BCUT2D eigenvalue weighted by Crippen LogP contribution is -2.19. The molecule has 3 aromatic carbocycles. The van der Waals surface area contributed by atoms with Crippen molar-refractivity contribution in [1.29, 1.82) is 5.26 Å². The smallest absolute Gasteiger partial charge is 0.264 e. The third-order valence-corrected chi connectivity index (χ3v) is 6.25. The topological polar surface area (TPSA) is 83.7 Å². The summed E-state index contributed by atoms with van der Waals surface area (Å²) in [6.07, 6.45) is 1.74. The summed E-state index contributed by atoms with van der Waals surface area (Å²) in [7, 11) is 0. The summed E-state index contributed by atoms with van der Waals surface area (Å²) < 4.78 is 11.7. The lowest BCUT2D eigenvalue weighted by Gasteiger charge is -2.15. The number of nitrogens with one attached hydrogen (secondary N) is 1. The fourth-order valence-electron chi connectivity index (χ4n) is 3.35. The summed E-state index contributed by atoms with van der Waals surface area (Å²) in [4.78, 5) is 17.5. The highest BCUT2D eigenvalue weighted by Gasteiger charge is 2.24. The lowest BCUT2D eigenvalue weighted by atomic mass is 10.1. The Labute approximate surface area is 213 Å². The van der Waals surface area contributed by atoms with E-state index >= 15 is 0 Å². The average molecular weight is 504 g/mol. The molecule has 3 aromatic rings. The number of hydrogen-bond donors (Lipinski definition) is 1. The molecule has 6 nitrogen and oxygen atoms in total. The van der Waals surface area contributed by atoms with Gasteiger partial charge in [0.1, 0.15) is 6.61 Å². The van der Waals surface area contributed by atoms with E-state index in [2.05, 4.69) is 16.4 Å². The monoisotopic (exact) mass is 503 g/mol. The second-order valence-corrected chi connectivity index (χ2v) is 9.08. The Kier molecular flexibility index (Phi) is 7.76. The maximum absolute atomic E-state index is 12.5. The van der Waals surface area contributed by atoms with E-state index in [9.17, 15) is 10.1 Å². The quantitative estimate of drug-likeness (QED) is 0.378. The molecule has 1 heterocycles. The fraction of sp³-hybridized carbons (Fsp3) is 0.148. The van der Waals surface area contributed by atoms with Gasteiger partial charge < -0.3 is 14.8 Å². The average Bonchev–Trinajstić information content (AvgIpc) is 3.18. The molecule has 176 valence electrons. The molecular weight excluding hydrogens is 482 g/mol. The number of amidine groups is 1. The van der Waals surface area contributed by atoms with E-state index in [1.807, 2.05) is 50.2 Å². The van der Waals surface area contributed by atoms with E-state index in [1.165, 1.54) is 11.8 Å². The van der Waals surface area contributed by atoms with Gasteiger partial charge in [-0.3, -0.25) is 4.79 Å². The van der Waals surface area contributed by atoms with E-state index in [1.54, 1.807) is 30.3 Å². The maximum Gasteiger partial charge on any atom is 0.264 e. The van der Waals surface area contributed by atoms with Gasteiger partial charge in [0.2, 0.25) is 0 Å². The molecule has 1 aliphatic rings. The van der Waals surface area contributed by atoms with Gasteiger partial charge in [0.15, 0.2) is 16.7 Å². The lowest BCUT2D eigenvalue weighted by molar-refractivity contribution is -0.115. The first kappa shape index (κ1) is 24.4. The van der Waals surface area contributed by atoms with Crippen molar-refractivity contribution >= 4 is 46.2 Å². The van der Waals surface area contributed by atoms with Crippen LogP contribution in [0.5, 0.6) is 11.5 Å². The second-order valence-electron chi connectivity index (χ2n) is 7.64. The molecule has 0 spiro atoms. The first-order chi connectivity index (χ1) is 17.0. The van der Waals surface area contributed by atoms with Gasteiger partial charge in [0.25, 0.3) is 5.91 Å². The van der Waals surface area contributed by atoms with Crippen molar-refractivity contribution in [2.45, 2.75) is 20.5 Å². The van der Waals surface area contributed by atoms with Crippen molar-refractivity contribution in [3.63, 3.8) is 0 Å². The number of hydrogen-bond acceptors (Lipinski definition) is 6. The number of amides is 1. The highest BCUT2D eigenvalue weighted by Crippen LogP contribution is 2.39. The number of carbonyl (C=O) groups is 1. The molecule has 0 aromatic heterocycles. The number of nitriles is 1. The number of nitrogens with zero attached hydrogens (tertiary/aromatic N) is 2. The number of halogens is 1. The Morgan fingerprint density at radius 3 is 2.66 bits per heavy atom. The number of aryl methyl sites for hydroxylation is 1. The van der Waals surface area contributed by atoms with Crippen LogP contribution in [0.25, 0.3) is 6.08 Å². The molecule has 4 rings (SSSR count). The summed E-state index contributed by atoms with van der Waals surface area (Å²) in [5.74, 6) is 0.607. The molecule has 0 aliphatic carbocycles. The van der Waals surface area contributed by atoms with E-state index < -0.39 is 0 Å². The molecule has 0 saturated carbocycles. The predicted molar refractivity (Wildman–Crippen MR) is 140 cm³/mol. The Morgan fingerprint density at radius 1 is 1.14 bits per heavy atom. The van der Waals surface area contributed by atoms with Crippen LogP contribution in [0, 0.1) is 18.3 Å². The van der Waals surface area contributed by atoms with Crippen LogP contribution in [0.4, 0.5) is 5.69 Å². The minimum absolute atomic E-state index is 0.168. The number of thioether (sulfide) groups is 1. The minimum atomic E-state index is -0.233. The number of carbonyl (C=O) groups excluding carboxylic acids is 1. The second kappa shape index (κ2) is 11.1. The van der Waals surface area contributed by atoms with Crippen LogP contribution in [0.1, 0.15) is 29.2 Å². The Bertz CT molecular complexity index is 1360. The fourth-order valence-corrected chi connectivity index (χ4v) is 4.46. The van der Waals surface area contributed by atoms with Gasteiger partial charge in [0.05, 0.1) is 33.9 Å². The SMILES string of the molecule is CCOc1cc(/C=C2/SC(=Nc3ccc(C)cc3)NC2=O)cc(Cl)c1OCc1ccccc1C#N. The van der Waals surface area contributed by atoms with Crippen molar-refractivity contribution in [2.75, 3.05) is 6.61 Å². The Hall–Kier alpha value is -3.73. The van der Waals surface area contributed by atoms with Crippen LogP contribution in [0.3, 0.4) is 0 Å². The summed E-state index contributed by atoms with van der Waals surface area (Å²) in [6, 6.07) is 20.6. The maximum atomic E-state index is 12.5. The van der Waals surface area contributed by atoms with Gasteiger partial charge in [-0.15, -0.1) is 0 Å². The third-order valence-electron chi connectivity index (χ3n) is 5.05. The molecule has 0 radical (unpaired) electrons. The zero-order chi connectivity index (χ0) is 24.8. The summed E-state index contributed by atoms with van der Waals surface area (Å²) in [6.45, 7) is 4.44. The Morgan fingerprint density at radius 2 is 1.91 bits per heavy atom. The summed E-state index contributed by atoms with van der Waals surface area (Å²) >= 11 is 7.81. The van der Waals surface area contributed by atoms with E-state index in [-0.39, 0.29) is 12.5 Å². The first-order valence-corrected chi connectivity index (χ1v) is 12.1. The highest BCUT2D eigenvalue weighted by atomic mass is 35.5. The molecule has 0 unspecified atom stereocenters. The zero-order valence-electron chi connectivity index (χ0n) is 19.2. The number of rotatable bonds is 7. The molecule has 1 aliphatic heterocycles. The number of benzene rings is 3. The predicted octanol–water partition coefficient (Wildman–Crippen LogP) is 6.39.